The van der Waals surface area contributed by atoms with E-state index in [0.717, 1.165) is 21.1 Å². The highest BCUT2D eigenvalue weighted by Crippen LogP contribution is 2.32. The van der Waals surface area contributed by atoms with Gasteiger partial charge in [-0.15, -0.1) is 0 Å². The van der Waals surface area contributed by atoms with Crippen LogP contribution < -0.4 is 0 Å². The average molecular weight is 322 g/mol. The van der Waals surface area contributed by atoms with E-state index in [1.807, 2.05) is 0 Å². The van der Waals surface area contributed by atoms with Gasteiger partial charge >= 0.3 is 0 Å². The molecular formula is C11H14Br2O. The van der Waals surface area contributed by atoms with Crippen molar-refractivity contribution in [3.05, 3.63) is 32.4 Å². The highest BCUT2D eigenvalue weighted by molar-refractivity contribution is 9.12. The molecule has 0 bridgehead atoms. The van der Waals surface area contributed by atoms with Crippen LogP contribution in [0.5, 0.6) is 0 Å². The molecule has 1 rings (SSSR count). The van der Waals surface area contributed by atoms with Crippen LogP contribution in [0.15, 0.2) is 32.4 Å². The first kappa shape index (κ1) is 12.1. The molecule has 0 N–H and O–H groups in total. The molecule has 0 aliphatic heterocycles. The van der Waals surface area contributed by atoms with Crippen LogP contribution in [0.4, 0.5) is 0 Å². The van der Waals surface area contributed by atoms with Crippen molar-refractivity contribution in [2.45, 2.75) is 20.3 Å². The average Bonchev–Trinajstić information content (AvgIpc) is 2.25. The minimum Gasteiger partial charge on any atom is -0.494 e. The SMILES string of the molecule is COC1=C(Br)C=C(C(C)C)CC=C1Br. The monoisotopic (exact) mass is 320 g/mol. The molecule has 0 aromatic heterocycles. The number of halogens is 2. The second-order valence-corrected chi connectivity index (χ2v) is 5.22. The van der Waals surface area contributed by atoms with E-state index in [9.17, 15) is 0 Å². The number of hydrogen-bond acceptors (Lipinski definition) is 1. The number of rotatable bonds is 2. The van der Waals surface area contributed by atoms with Crippen molar-refractivity contribution in [2.75, 3.05) is 7.11 Å². The quantitative estimate of drug-likeness (QED) is 0.727. The van der Waals surface area contributed by atoms with Crippen LogP contribution in [0.2, 0.25) is 0 Å². The lowest BCUT2D eigenvalue weighted by Gasteiger charge is -2.07. The fourth-order valence-electron chi connectivity index (χ4n) is 1.30. The van der Waals surface area contributed by atoms with Gasteiger partial charge in [0.15, 0.2) is 0 Å². The van der Waals surface area contributed by atoms with Crippen molar-refractivity contribution >= 4 is 31.9 Å². The molecule has 78 valence electrons. The predicted molar refractivity (Wildman–Crippen MR) is 67.5 cm³/mol. The van der Waals surface area contributed by atoms with Gasteiger partial charge < -0.3 is 4.74 Å². The van der Waals surface area contributed by atoms with Gasteiger partial charge in [0.2, 0.25) is 0 Å². The smallest absolute Gasteiger partial charge is 0.146 e. The highest BCUT2D eigenvalue weighted by atomic mass is 79.9. The van der Waals surface area contributed by atoms with E-state index in [1.165, 1.54) is 5.57 Å². The van der Waals surface area contributed by atoms with Gasteiger partial charge in [-0.1, -0.05) is 25.5 Å². The predicted octanol–water partition coefficient (Wildman–Crippen LogP) is 4.50. The molecule has 0 atom stereocenters. The number of hydrogen-bond donors (Lipinski definition) is 0. The number of methoxy groups -OCH3 is 1. The van der Waals surface area contributed by atoms with Crippen LogP contribution in [0, 0.1) is 5.92 Å². The summed E-state index contributed by atoms with van der Waals surface area (Å²) < 4.78 is 7.31. The van der Waals surface area contributed by atoms with E-state index in [2.05, 4.69) is 57.9 Å². The number of ether oxygens (including phenoxy) is 1. The zero-order valence-electron chi connectivity index (χ0n) is 8.60. The summed E-state index contributed by atoms with van der Waals surface area (Å²) >= 11 is 7.02. The molecule has 0 amide bonds. The first-order chi connectivity index (χ1) is 6.56. The van der Waals surface area contributed by atoms with Crippen LogP contribution >= 0.6 is 31.9 Å². The van der Waals surface area contributed by atoms with Crippen LogP contribution in [-0.2, 0) is 4.74 Å². The highest BCUT2D eigenvalue weighted by Gasteiger charge is 2.13. The van der Waals surface area contributed by atoms with E-state index in [0.29, 0.717) is 5.92 Å². The Morgan fingerprint density at radius 3 is 2.50 bits per heavy atom. The van der Waals surface area contributed by atoms with E-state index in [1.54, 1.807) is 7.11 Å². The molecule has 0 heterocycles. The maximum atomic E-state index is 5.30. The Kier molecular flexibility index (Phi) is 4.45. The standard InChI is InChI=1S/C11H14Br2O/c1-7(2)8-4-5-9(12)11(14-3)10(13)6-8/h5-7H,4H2,1-3H3. The maximum Gasteiger partial charge on any atom is 0.146 e. The van der Waals surface area contributed by atoms with Crippen molar-refractivity contribution in [2.24, 2.45) is 5.92 Å². The Hall–Kier alpha value is -0.0200. The Morgan fingerprint density at radius 2 is 2.00 bits per heavy atom. The zero-order chi connectivity index (χ0) is 10.7. The second kappa shape index (κ2) is 5.17. The second-order valence-electron chi connectivity index (χ2n) is 3.51. The Balaban J connectivity index is 3.09. The minimum absolute atomic E-state index is 0.565. The molecule has 0 saturated carbocycles. The molecule has 0 fully saturated rings. The van der Waals surface area contributed by atoms with Gasteiger partial charge in [-0.05, 0) is 50.3 Å². The maximum absolute atomic E-state index is 5.30. The Morgan fingerprint density at radius 1 is 1.36 bits per heavy atom. The van der Waals surface area contributed by atoms with Crippen molar-refractivity contribution in [1.29, 1.82) is 0 Å². The molecule has 1 nitrogen and oxygen atoms in total. The summed E-state index contributed by atoms with van der Waals surface area (Å²) in [6.07, 6.45) is 5.26. The van der Waals surface area contributed by atoms with Crippen LogP contribution in [0.3, 0.4) is 0 Å². The zero-order valence-corrected chi connectivity index (χ0v) is 11.8. The minimum atomic E-state index is 0.565. The molecule has 1 aliphatic rings. The fourth-order valence-corrected chi connectivity index (χ4v) is 2.77. The van der Waals surface area contributed by atoms with Gasteiger partial charge in [0.05, 0.1) is 16.1 Å². The lowest BCUT2D eigenvalue weighted by atomic mass is 10.0. The third-order valence-corrected chi connectivity index (χ3v) is 3.48. The topological polar surface area (TPSA) is 9.23 Å². The van der Waals surface area contributed by atoms with Crippen molar-refractivity contribution in [1.82, 2.24) is 0 Å². The first-order valence-corrected chi connectivity index (χ1v) is 6.15. The van der Waals surface area contributed by atoms with Crippen molar-refractivity contribution < 1.29 is 4.74 Å². The molecule has 14 heavy (non-hydrogen) atoms. The van der Waals surface area contributed by atoms with Gasteiger partial charge in [0, 0.05) is 0 Å². The first-order valence-electron chi connectivity index (χ1n) is 4.56. The molecule has 0 aromatic carbocycles. The fraction of sp³-hybridized carbons (Fsp3) is 0.455. The summed E-state index contributed by atoms with van der Waals surface area (Å²) in [6, 6.07) is 0. The van der Waals surface area contributed by atoms with Gasteiger partial charge in [-0.3, -0.25) is 0 Å². The summed E-state index contributed by atoms with van der Waals surface area (Å²) in [4.78, 5) is 0. The largest absolute Gasteiger partial charge is 0.494 e. The van der Waals surface area contributed by atoms with Crippen LogP contribution in [0.25, 0.3) is 0 Å². The van der Waals surface area contributed by atoms with Gasteiger partial charge in [-0.2, -0.15) is 0 Å². The molecule has 3 heteroatoms. The number of allylic oxidation sites excluding steroid dienone is 5. The molecule has 0 radical (unpaired) electrons. The van der Waals surface area contributed by atoms with Gasteiger partial charge in [0.25, 0.3) is 0 Å². The summed E-state index contributed by atoms with van der Waals surface area (Å²) in [5.74, 6) is 1.43. The van der Waals surface area contributed by atoms with E-state index >= 15 is 0 Å². The Labute approximate surface area is 102 Å². The third-order valence-electron chi connectivity index (χ3n) is 2.21. The molecule has 0 spiro atoms. The summed E-state index contributed by atoms with van der Waals surface area (Å²) in [7, 11) is 1.68. The van der Waals surface area contributed by atoms with Crippen LogP contribution in [-0.4, -0.2) is 7.11 Å². The molecule has 0 aromatic rings. The van der Waals surface area contributed by atoms with Gasteiger partial charge in [-0.25, -0.2) is 0 Å². The lowest BCUT2D eigenvalue weighted by molar-refractivity contribution is 0.305. The molecule has 1 aliphatic carbocycles. The van der Waals surface area contributed by atoms with Crippen molar-refractivity contribution in [3.8, 4) is 0 Å². The van der Waals surface area contributed by atoms with E-state index in [-0.39, 0.29) is 0 Å². The Bertz CT molecular complexity index is 311. The van der Waals surface area contributed by atoms with E-state index < -0.39 is 0 Å². The summed E-state index contributed by atoms with van der Waals surface area (Å²) in [5, 5.41) is 0. The normalized spacial score (nSPS) is 17.9. The lowest BCUT2D eigenvalue weighted by Crippen LogP contribution is -1.92. The van der Waals surface area contributed by atoms with Gasteiger partial charge in [0.1, 0.15) is 5.76 Å². The third kappa shape index (κ3) is 2.74. The van der Waals surface area contributed by atoms with Crippen molar-refractivity contribution in [3.63, 3.8) is 0 Å². The van der Waals surface area contributed by atoms with E-state index in [4.69, 9.17) is 4.74 Å². The summed E-state index contributed by atoms with van der Waals surface area (Å²) in [6.45, 7) is 4.40. The molecule has 0 unspecified atom stereocenters. The molecular weight excluding hydrogens is 308 g/mol. The summed E-state index contributed by atoms with van der Waals surface area (Å²) in [5.41, 5.74) is 1.40. The molecule has 0 saturated heterocycles. The van der Waals surface area contributed by atoms with Crippen LogP contribution in [0.1, 0.15) is 20.3 Å².